The van der Waals surface area contributed by atoms with Crippen LogP contribution in [0.2, 0.25) is 0 Å². The van der Waals surface area contributed by atoms with Gasteiger partial charge in [0.05, 0.1) is 0 Å². The van der Waals surface area contributed by atoms with Crippen molar-refractivity contribution in [2.24, 2.45) is 0 Å². The lowest BCUT2D eigenvalue weighted by Gasteiger charge is -2.12. The number of aromatic nitrogens is 4. The SMILES string of the molecule is CCCc1cc(Nc2ccc(C)cc2C)n2ncnc2n1. The first-order valence-corrected chi connectivity index (χ1v) is 7.21. The van der Waals surface area contributed by atoms with Gasteiger partial charge in [0.15, 0.2) is 0 Å². The van der Waals surface area contributed by atoms with E-state index in [9.17, 15) is 0 Å². The Morgan fingerprint density at radius 1 is 1.19 bits per heavy atom. The fraction of sp³-hybridized carbons (Fsp3) is 0.312. The molecule has 3 rings (SSSR count). The fourth-order valence-electron chi connectivity index (χ4n) is 2.43. The minimum absolute atomic E-state index is 0.633. The number of nitrogens with zero attached hydrogens (tertiary/aromatic N) is 4. The number of anilines is 2. The van der Waals surface area contributed by atoms with E-state index < -0.39 is 0 Å². The van der Waals surface area contributed by atoms with Crippen LogP contribution in [0.4, 0.5) is 11.5 Å². The number of hydrogen-bond donors (Lipinski definition) is 1. The molecule has 5 nitrogen and oxygen atoms in total. The van der Waals surface area contributed by atoms with Gasteiger partial charge in [0, 0.05) is 17.4 Å². The minimum Gasteiger partial charge on any atom is -0.340 e. The maximum absolute atomic E-state index is 4.51. The van der Waals surface area contributed by atoms with Gasteiger partial charge in [0.1, 0.15) is 12.1 Å². The Balaban J connectivity index is 2.04. The van der Waals surface area contributed by atoms with Crippen LogP contribution in [0.3, 0.4) is 0 Å². The molecule has 1 aromatic carbocycles. The maximum Gasteiger partial charge on any atom is 0.254 e. The van der Waals surface area contributed by atoms with Crippen LogP contribution in [-0.4, -0.2) is 19.6 Å². The van der Waals surface area contributed by atoms with Crippen LogP contribution in [-0.2, 0) is 6.42 Å². The lowest BCUT2D eigenvalue weighted by atomic mass is 10.1. The van der Waals surface area contributed by atoms with E-state index in [0.717, 1.165) is 30.0 Å². The molecule has 21 heavy (non-hydrogen) atoms. The quantitative estimate of drug-likeness (QED) is 0.796. The summed E-state index contributed by atoms with van der Waals surface area (Å²) < 4.78 is 1.73. The Morgan fingerprint density at radius 2 is 2.05 bits per heavy atom. The molecular formula is C16H19N5. The molecule has 3 aromatic rings. The standard InChI is InChI=1S/C16H19N5/c1-4-5-13-9-15(21-16(19-13)17-10-18-21)20-14-7-6-11(2)8-12(14)3/h6-10,20H,4-5H2,1-3H3. The van der Waals surface area contributed by atoms with Crippen LogP contribution in [0.5, 0.6) is 0 Å². The summed E-state index contributed by atoms with van der Waals surface area (Å²) in [4.78, 5) is 8.71. The van der Waals surface area contributed by atoms with Crippen molar-refractivity contribution in [1.29, 1.82) is 0 Å². The highest BCUT2D eigenvalue weighted by atomic mass is 15.3. The molecule has 0 aliphatic rings. The zero-order chi connectivity index (χ0) is 14.8. The summed E-state index contributed by atoms with van der Waals surface area (Å²) in [5.41, 5.74) is 4.57. The summed E-state index contributed by atoms with van der Waals surface area (Å²) in [5, 5.41) is 7.69. The first-order chi connectivity index (χ1) is 10.2. The Morgan fingerprint density at radius 3 is 2.81 bits per heavy atom. The van der Waals surface area contributed by atoms with Crippen molar-refractivity contribution in [3.8, 4) is 0 Å². The monoisotopic (exact) mass is 281 g/mol. The van der Waals surface area contributed by atoms with Gasteiger partial charge < -0.3 is 5.32 Å². The molecule has 0 saturated carbocycles. The second-order valence-electron chi connectivity index (χ2n) is 5.30. The van der Waals surface area contributed by atoms with E-state index in [1.165, 1.54) is 17.5 Å². The summed E-state index contributed by atoms with van der Waals surface area (Å²) >= 11 is 0. The Labute approximate surface area is 124 Å². The molecule has 0 aliphatic heterocycles. The van der Waals surface area contributed by atoms with E-state index in [0.29, 0.717) is 5.78 Å². The van der Waals surface area contributed by atoms with Crippen molar-refractivity contribution in [1.82, 2.24) is 19.6 Å². The molecule has 0 bridgehead atoms. The Hall–Kier alpha value is -2.43. The molecule has 108 valence electrons. The molecule has 2 heterocycles. The topological polar surface area (TPSA) is 55.1 Å². The van der Waals surface area contributed by atoms with Gasteiger partial charge in [-0.15, -0.1) is 0 Å². The van der Waals surface area contributed by atoms with Gasteiger partial charge in [-0.05, 0) is 31.9 Å². The van der Waals surface area contributed by atoms with E-state index in [4.69, 9.17) is 0 Å². The molecule has 0 radical (unpaired) electrons. The summed E-state index contributed by atoms with van der Waals surface area (Å²) in [5.74, 6) is 1.53. The summed E-state index contributed by atoms with van der Waals surface area (Å²) in [7, 11) is 0. The predicted molar refractivity (Wildman–Crippen MR) is 84.0 cm³/mol. The van der Waals surface area contributed by atoms with Crippen LogP contribution < -0.4 is 5.32 Å². The predicted octanol–water partition coefficient (Wildman–Crippen LogP) is 3.44. The highest BCUT2D eigenvalue weighted by Gasteiger charge is 2.08. The van der Waals surface area contributed by atoms with Gasteiger partial charge in [-0.3, -0.25) is 0 Å². The van der Waals surface area contributed by atoms with Crippen molar-refractivity contribution in [3.63, 3.8) is 0 Å². The molecule has 0 aliphatic carbocycles. The van der Waals surface area contributed by atoms with Gasteiger partial charge in [-0.1, -0.05) is 31.0 Å². The van der Waals surface area contributed by atoms with Crippen LogP contribution in [0.15, 0.2) is 30.6 Å². The number of fused-ring (bicyclic) bond motifs is 1. The number of aryl methyl sites for hydroxylation is 3. The van der Waals surface area contributed by atoms with Crippen molar-refractivity contribution in [2.45, 2.75) is 33.6 Å². The number of rotatable bonds is 4. The zero-order valence-electron chi connectivity index (χ0n) is 12.6. The Kier molecular flexibility index (Phi) is 3.56. The minimum atomic E-state index is 0.633. The maximum atomic E-state index is 4.51. The summed E-state index contributed by atoms with van der Waals surface area (Å²) in [6, 6.07) is 8.40. The van der Waals surface area contributed by atoms with Gasteiger partial charge in [-0.2, -0.15) is 14.6 Å². The van der Waals surface area contributed by atoms with Gasteiger partial charge in [0.2, 0.25) is 0 Å². The first-order valence-electron chi connectivity index (χ1n) is 7.21. The van der Waals surface area contributed by atoms with Gasteiger partial charge in [-0.25, -0.2) is 4.98 Å². The van der Waals surface area contributed by atoms with Crippen LogP contribution in [0, 0.1) is 13.8 Å². The van der Waals surface area contributed by atoms with E-state index in [1.54, 1.807) is 4.52 Å². The van der Waals surface area contributed by atoms with Crippen LogP contribution in [0.1, 0.15) is 30.2 Å². The molecule has 0 atom stereocenters. The van der Waals surface area contributed by atoms with E-state index >= 15 is 0 Å². The number of nitrogens with one attached hydrogen (secondary N) is 1. The lowest BCUT2D eigenvalue weighted by molar-refractivity contribution is 0.860. The first kappa shape index (κ1) is 13.5. The summed E-state index contributed by atoms with van der Waals surface area (Å²) in [6.07, 6.45) is 3.52. The normalized spacial score (nSPS) is 11.0. The number of hydrogen-bond acceptors (Lipinski definition) is 4. The van der Waals surface area contributed by atoms with Gasteiger partial charge >= 0.3 is 0 Å². The fourth-order valence-corrected chi connectivity index (χ4v) is 2.43. The molecule has 2 aromatic heterocycles. The highest BCUT2D eigenvalue weighted by molar-refractivity contribution is 5.62. The highest BCUT2D eigenvalue weighted by Crippen LogP contribution is 2.22. The lowest BCUT2D eigenvalue weighted by Crippen LogP contribution is -2.05. The third-order valence-corrected chi connectivity index (χ3v) is 3.46. The van der Waals surface area contributed by atoms with Crippen molar-refractivity contribution < 1.29 is 0 Å². The molecule has 0 amide bonds. The van der Waals surface area contributed by atoms with Gasteiger partial charge in [0.25, 0.3) is 5.78 Å². The zero-order valence-corrected chi connectivity index (χ0v) is 12.6. The summed E-state index contributed by atoms with van der Waals surface area (Å²) in [6.45, 7) is 6.34. The van der Waals surface area contributed by atoms with E-state index in [2.05, 4.69) is 59.4 Å². The van der Waals surface area contributed by atoms with E-state index in [-0.39, 0.29) is 0 Å². The molecule has 0 fully saturated rings. The van der Waals surface area contributed by atoms with Crippen LogP contribution >= 0.6 is 0 Å². The second kappa shape index (κ2) is 5.52. The molecule has 0 saturated heterocycles. The second-order valence-corrected chi connectivity index (χ2v) is 5.30. The smallest absolute Gasteiger partial charge is 0.254 e. The average molecular weight is 281 g/mol. The van der Waals surface area contributed by atoms with Crippen molar-refractivity contribution in [3.05, 3.63) is 47.4 Å². The number of benzene rings is 1. The van der Waals surface area contributed by atoms with Crippen molar-refractivity contribution in [2.75, 3.05) is 5.32 Å². The third-order valence-electron chi connectivity index (χ3n) is 3.46. The third kappa shape index (κ3) is 2.72. The molecule has 0 spiro atoms. The van der Waals surface area contributed by atoms with E-state index in [1.807, 2.05) is 6.07 Å². The average Bonchev–Trinajstić information content (AvgIpc) is 2.91. The molecule has 1 N–H and O–H groups in total. The van der Waals surface area contributed by atoms with Crippen molar-refractivity contribution >= 4 is 17.3 Å². The molecule has 5 heteroatoms. The molecular weight excluding hydrogens is 262 g/mol. The van der Waals surface area contributed by atoms with Crippen LogP contribution in [0.25, 0.3) is 5.78 Å². The largest absolute Gasteiger partial charge is 0.340 e. The molecule has 0 unspecified atom stereocenters. The Bertz CT molecular complexity index is 775.